The minimum atomic E-state index is -0.607. The van der Waals surface area contributed by atoms with Crippen LogP contribution in [0.2, 0.25) is 0 Å². The summed E-state index contributed by atoms with van der Waals surface area (Å²) in [4.78, 5) is 19.7. The molecule has 1 amide bonds. The van der Waals surface area contributed by atoms with Crippen LogP contribution in [0.15, 0.2) is 36.7 Å². The van der Waals surface area contributed by atoms with Crippen molar-refractivity contribution >= 4 is 22.6 Å². The van der Waals surface area contributed by atoms with Crippen molar-refractivity contribution in [2.75, 3.05) is 31.6 Å². The number of aliphatic hydroxyl groups is 1. The molecule has 0 bridgehead atoms. The van der Waals surface area contributed by atoms with Gasteiger partial charge in [0.05, 0.1) is 41.1 Å². The highest BCUT2D eigenvalue weighted by Gasteiger charge is 2.48. The smallest absolute Gasteiger partial charge is 0.235 e. The number of hydrogen-bond donors (Lipinski definition) is 2. The van der Waals surface area contributed by atoms with Crippen LogP contribution < -0.4 is 10.1 Å². The first kappa shape index (κ1) is 22.0. The Balaban J connectivity index is 1.05. The summed E-state index contributed by atoms with van der Waals surface area (Å²) in [6.45, 7) is 4.73. The number of amides is 1. The standard InChI is InChI=1S/C26H28N6O3/c1-25(34)12-19(13-25)32-23-18(15-29-32)11-20(16-28-23)35-9-8-31-6-4-26(5-7-31)21-10-17(14-27)2-3-22(21)30-24(26)33/h2-3,10-11,15-16,19,34H,4-9,12-13H2,1H3,(H,30,33)/t19-,25-. The third-order valence-corrected chi connectivity index (χ3v) is 7.84. The number of nitrogens with one attached hydrogen (secondary N) is 1. The summed E-state index contributed by atoms with van der Waals surface area (Å²) in [5, 5.41) is 27.7. The lowest BCUT2D eigenvalue weighted by Crippen LogP contribution is -2.47. The minimum absolute atomic E-state index is 0.0453. The number of rotatable bonds is 5. The molecule has 180 valence electrons. The van der Waals surface area contributed by atoms with E-state index in [1.165, 1.54) is 0 Å². The van der Waals surface area contributed by atoms with Gasteiger partial charge < -0.3 is 15.2 Å². The van der Waals surface area contributed by atoms with E-state index in [2.05, 4.69) is 26.4 Å². The van der Waals surface area contributed by atoms with Crippen LogP contribution in [0, 0.1) is 11.3 Å². The Kier molecular flexibility index (Phi) is 5.06. The van der Waals surface area contributed by atoms with Gasteiger partial charge in [0.2, 0.25) is 5.91 Å². The molecule has 1 saturated heterocycles. The lowest BCUT2D eigenvalue weighted by Gasteiger charge is -2.40. The molecule has 35 heavy (non-hydrogen) atoms. The molecule has 9 nitrogen and oxygen atoms in total. The SMILES string of the molecule is C[C@]1(O)C[C@H](n2ncc3cc(OCCN4CCC5(CC4)C(=O)Nc4ccc(C#N)cc45)cnc32)C1. The van der Waals surface area contributed by atoms with Crippen molar-refractivity contribution in [1.29, 1.82) is 5.26 Å². The molecule has 3 aliphatic rings. The van der Waals surface area contributed by atoms with Gasteiger partial charge in [-0.05, 0) is 75.5 Å². The fourth-order valence-corrected chi connectivity index (χ4v) is 5.82. The third-order valence-electron chi connectivity index (χ3n) is 7.84. The van der Waals surface area contributed by atoms with Gasteiger partial charge in [0.25, 0.3) is 0 Å². The second-order valence-corrected chi connectivity index (χ2v) is 10.3. The number of benzene rings is 1. The van der Waals surface area contributed by atoms with Gasteiger partial charge in [-0.1, -0.05) is 0 Å². The van der Waals surface area contributed by atoms with Crippen LogP contribution in [0.1, 0.15) is 49.8 Å². The van der Waals surface area contributed by atoms with Crippen LogP contribution in [-0.4, -0.2) is 62.5 Å². The van der Waals surface area contributed by atoms with Crippen molar-refractivity contribution in [3.8, 4) is 11.8 Å². The highest BCUT2D eigenvalue weighted by atomic mass is 16.5. The molecule has 3 aromatic rings. The molecule has 6 rings (SSSR count). The number of piperidine rings is 1. The summed E-state index contributed by atoms with van der Waals surface area (Å²) in [7, 11) is 0. The number of nitrogens with zero attached hydrogens (tertiary/aromatic N) is 5. The quantitative estimate of drug-likeness (QED) is 0.586. The van der Waals surface area contributed by atoms with Gasteiger partial charge in [0.1, 0.15) is 12.4 Å². The third kappa shape index (κ3) is 3.74. The molecule has 0 atom stereocenters. The Labute approximate surface area is 203 Å². The van der Waals surface area contributed by atoms with Crippen molar-refractivity contribution in [1.82, 2.24) is 19.7 Å². The Morgan fingerprint density at radius 1 is 1.26 bits per heavy atom. The molecule has 1 spiro atoms. The maximum Gasteiger partial charge on any atom is 0.235 e. The van der Waals surface area contributed by atoms with Gasteiger partial charge in [0.15, 0.2) is 5.65 Å². The number of hydrogen-bond acceptors (Lipinski definition) is 7. The van der Waals surface area contributed by atoms with Crippen molar-refractivity contribution in [2.45, 2.75) is 49.7 Å². The number of carbonyl (C=O) groups is 1. The van der Waals surface area contributed by atoms with Gasteiger partial charge in [-0.2, -0.15) is 10.4 Å². The van der Waals surface area contributed by atoms with Crippen LogP contribution in [0.5, 0.6) is 5.75 Å². The topological polar surface area (TPSA) is 116 Å². The number of ether oxygens (including phenoxy) is 1. The highest BCUT2D eigenvalue weighted by molar-refractivity contribution is 6.06. The Morgan fingerprint density at radius 2 is 2.06 bits per heavy atom. The minimum Gasteiger partial charge on any atom is -0.491 e. The zero-order valence-corrected chi connectivity index (χ0v) is 19.7. The van der Waals surface area contributed by atoms with Crippen LogP contribution >= 0.6 is 0 Å². The Hall–Kier alpha value is -3.48. The molecule has 1 saturated carbocycles. The molecule has 2 N–H and O–H groups in total. The summed E-state index contributed by atoms with van der Waals surface area (Å²) in [5.41, 5.74) is 2.05. The fraction of sp³-hybridized carbons (Fsp3) is 0.462. The second-order valence-electron chi connectivity index (χ2n) is 10.3. The average Bonchev–Trinajstić information content (AvgIpc) is 3.37. The summed E-state index contributed by atoms with van der Waals surface area (Å²) in [6, 6.07) is 9.78. The van der Waals surface area contributed by atoms with Gasteiger partial charge in [-0.15, -0.1) is 0 Å². The van der Waals surface area contributed by atoms with Gasteiger partial charge in [-0.25, -0.2) is 9.67 Å². The van der Waals surface area contributed by atoms with E-state index in [-0.39, 0.29) is 11.9 Å². The Morgan fingerprint density at radius 3 is 2.80 bits per heavy atom. The first-order valence-corrected chi connectivity index (χ1v) is 12.1. The van der Waals surface area contributed by atoms with E-state index < -0.39 is 11.0 Å². The van der Waals surface area contributed by atoms with Gasteiger partial charge in [-0.3, -0.25) is 9.69 Å². The molecular weight excluding hydrogens is 444 g/mol. The van der Waals surface area contributed by atoms with Gasteiger partial charge in [0, 0.05) is 17.6 Å². The van der Waals surface area contributed by atoms with E-state index in [0.29, 0.717) is 30.8 Å². The van der Waals surface area contributed by atoms with Gasteiger partial charge >= 0.3 is 0 Å². The van der Waals surface area contributed by atoms with Crippen LogP contribution in [0.3, 0.4) is 0 Å². The molecule has 4 heterocycles. The van der Waals surface area contributed by atoms with Crippen molar-refractivity contribution in [2.24, 2.45) is 0 Å². The molecule has 2 aliphatic heterocycles. The zero-order valence-electron chi connectivity index (χ0n) is 19.7. The second kappa shape index (κ2) is 8.04. The van der Waals surface area contributed by atoms with E-state index >= 15 is 0 Å². The molecule has 1 aromatic carbocycles. The molecule has 0 unspecified atom stereocenters. The van der Waals surface area contributed by atoms with E-state index in [4.69, 9.17) is 4.74 Å². The van der Waals surface area contributed by atoms with E-state index in [9.17, 15) is 15.2 Å². The largest absolute Gasteiger partial charge is 0.491 e. The summed E-state index contributed by atoms with van der Waals surface area (Å²) in [5.74, 6) is 0.753. The van der Waals surface area contributed by atoms with Crippen LogP contribution in [0.4, 0.5) is 5.69 Å². The maximum absolute atomic E-state index is 12.9. The molecule has 9 heteroatoms. The van der Waals surface area contributed by atoms with E-state index in [1.54, 1.807) is 18.5 Å². The first-order valence-electron chi connectivity index (χ1n) is 12.1. The summed E-state index contributed by atoms with van der Waals surface area (Å²) in [6.07, 6.45) is 6.35. The van der Waals surface area contributed by atoms with Crippen molar-refractivity contribution < 1.29 is 14.6 Å². The lowest BCUT2D eigenvalue weighted by atomic mass is 9.73. The zero-order chi connectivity index (χ0) is 24.2. The number of anilines is 1. The number of nitriles is 1. The molecule has 1 aliphatic carbocycles. The number of carbonyl (C=O) groups excluding carboxylic acids is 1. The predicted molar refractivity (Wildman–Crippen MR) is 129 cm³/mol. The average molecular weight is 473 g/mol. The summed E-state index contributed by atoms with van der Waals surface area (Å²) >= 11 is 0. The van der Waals surface area contributed by atoms with Crippen molar-refractivity contribution in [3.05, 3.63) is 47.8 Å². The molecule has 2 fully saturated rings. The number of fused-ring (bicyclic) bond motifs is 3. The van der Waals surface area contributed by atoms with E-state index in [0.717, 1.165) is 54.8 Å². The molecule has 0 radical (unpaired) electrons. The normalized spacial score (nSPS) is 25.2. The monoisotopic (exact) mass is 472 g/mol. The maximum atomic E-state index is 12.9. The van der Waals surface area contributed by atoms with Crippen LogP contribution in [0.25, 0.3) is 11.0 Å². The van der Waals surface area contributed by atoms with Crippen LogP contribution in [-0.2, 0) is 10.2 Å². The fourth-order valence-electron chi connectivity index (χ4n) is 5.82. The molecule has 2 aromatic heterocycles. The number of pyridine rings is 1. The predicted octanol–water partition coefficient (Wildman–Crippen LogP) is 2.75. The van der Waals surface area contributed by atoms with Crippen molar-refractivity contribution in [3.63, 3.8) is 0 Å². The van der Waals surface area contributed by atoms with E-state index in [1.807, 2.05) is 29.8 Å². The number of aromatic nitrogens is 3. The highest BCUT2D eigenvalue weighted by Crippen LogP contribution is 2.45. The Bertz CT molecular complexity index is 1340. The lowest BCUT2D eigenvalue weighted by molar-refractivity contribution is -0.122. The molecular formula is C26H28N6O3. The number of likely N-dealkylation sites (tertiary alicyclic amines) is 1. The first-order chi connectivity index (χ1) is 16.9. The summed E-state index contributed by atoms with van der Waals surface area (Å²) < 4.78 is 7.89.